The molecule has 0 aliphatic heterocycles. The minimum atomic E-state index is -4.76. The first kappa shape index (κ1) is 18.1. The predicted molar refractivity (Wildman–Crippen MR) is 80.1 cm³/mol. The van der Waals surface area contributed by atoms with E-state index in [1.54, 1.807) is 0 Å². The van der Waals surface area contributed by atoms with Crippen molar-refractivity contribution < 1.29 is 27.1 Å². The van der Waals surface area contributed by atoms with Crippen molar-refractivity contribution in [2.24, 2.45) is 0 Å². The van der Waals surface area contributed by atoms with Gasteiger partial charge in [-0.3, -0.25) is 4.79 Å². The largest absolute Gasteiger partial charge is 0.573 e. The summed E-state index contributed by atoms with van der Waals surface area (Å²) in [5, 5.41) is 2.69. The van der Waals surface area contributed by atoms with Crippen LogP contribution in [0.1, 0.15) is 11.1 Å². The van der Waals surface area contributed by atoms with E-state index in [9.17, 15) is 22.4 Å². The highest BCUT2D eigenvalue weighted by Gasteiger charge is 2.30. The molecule has 0 radical (unpaired) electrons. The molecule has 3 nitrogen and oxygen atoms in total. The Hall–Kier alpha value is -2.28. The van der Waals surface area contributed by atoms with Gasteiger partial charge in [-0.15, -0.1) is 13.2 Å². The smallest absolute Gasteiger partial charge is 0.406 e. The Balaban J connectivity index is 1.90. The van der Waals surface area contributed by atoms with Crippen molar-refractivity contribution in [3.05, 3.63) is 64.4 Å². The molecule has 0 unspecified atom stereocenters. The van der Waals surface area contributed by atoms with Crippen LogP contribution in [0.2, 0.25) is 5.02 Å². The lowest BCUT2D eigenvalue weighted by atomic mass is 10.1. The minimum absolute atomic E-state index is 0.0806. The van der Waals surface area contributed by atoms with Gasteiger partial charge in [0.2, 0.25) is 5.91 Å². The SMILES string of the molecule is O=C(Cc1c(F)cccc1Cl)NCc1ccc(OC(F)(F)F)cc1. The Labute approximate surface area is 140 Å². The number of ether oxygens (including phenoxy) is 1. The maximum absolute atomic E-state index is 13.6. The van der Waals surface area contributed by atoms with Crippen molar-refractivity contribution >= 4 is 17.5 Å². The van der Waals surface area contributed by atoms with Crippen molar-refractivity contribution in [2.45, 2.75) is 19.3 Å². The van der Waals surface area contributed by atoms with Crippen LogP contribution >= 0.6 is 11.6 Å². The second kappa shape index (κ2) is 7.53. The lowest BCUT2D eigenvalue weighted by Crippen LogP contribution is -2.25. The molecule has 2 rings (SSSR count). The number of alkyl halides is 3. The van der Waals surface area contributed by atoms with Crippen molar-refractivity contribution in [1.82, 2.24) is 5.32 Å². The van der Waals surface area contributed by atoms with E-state index in [1.807, 2.05) is 0 Å². The van der Waals surface area contributed by atoms with Crippen molar-refractivity contribution in [3.63, 3.8) is 0 Å². The summed E-state index contributed by atoms with van der Waals surface area (Å²) in [6, 6.07) is 9.17. The summed E-state index contributed by atoms with van der Waals surface area (Å²) in [5.41, 5.74) is 0.656. The second-order valence-corrected chi connectivity index (χ2v) is 5.25. The molecule has 1 N–H and O–H groups in total. The summed E-state index contributed by atoms with van der Waals surface area (Å²) in [6.45, 7) is 0.0806. The third kappa shape index (κ3) is 5.42. The fraction of sp³-hybridized carbons (Fsp3) is 0.188. The Morgan fingerprint density at radius 1 is 1.12 bits per heavy atom. The standard InChI is InChI=1S/C16H12ClF4NO2/c17-13-2-1-3-14(18)12(13)8-15(23)22-9-10-4-6-11(7-5-10)24-16(19,20)21/h1-7H,8-9H2,(H,22,23). The summed E-state index contributed by atoms with van der Waals surface area (Å²) in [7, 11) is 0. The van der Waals surface area contributed by atoms with E-state index < -0.39 is 18.1 Å². The quantitative estimate of drug-likeness (QED) is 0.809. The molecule has 0 aromatic heterocycles. The Morgan fingerprint density at radius 3 is 2.38 bits per heavy atom. The van der Waals surface area contributed by atoms with Gasteiger partial charge < -0.3 is 10.1 Å². The van der Waals surface area contributed by atoms with Crippen molar-refractivity contribution in [3.8, 4) is 5.75 Å². The number of rotatable bonds is 5. The van der Waals surface area contributed by atoms with E-state index in [0.717, 1.165) is 12.1 Å². The molecule has 1 amide bonds. The number of hydrogen-bond donors (Lipinski definition) is 1. The lowest BCUT2D eigenvalue weighted by Gasteiger charge is -2.10. The first-order valence-electron chi connectivity index (χ1n) is 6.79. The fourth-order valence-electron chi connectivity index (χ4n) is 1.93. The molecule has 0 bridgehead atoms. The number of amides is 1. The molecule has 2 aromatic carbocycles. The molecule has 0 atom stereocenters. The molecule has 0 spiro atoms. The maximum atomic E-state index is 13.6. The molecule has 0 aliphatic rings. The van der Waals surface area contributed by atoms with Gasteiger partial charge in [0.25, 0.3) is 0 Å². The number of benzene rings is 2. The average molecular weight is 362 g/mol. The van der Waals surface area contributed by atoms with Crippen LogP contribution in [-0.2, 0) is 17.8 Å². The van der Waals surface area contributed by atoms with Crippen LogP contribution in [0.4, 0.5) is 17.6 Å². The van der Waals surface area contributed by atoms with Gasteiger partial charge in [0, 0.05) is 17.1 Å². The van der Waals surface area contributed by atoms with Gasteiger partial charge in [-0.05, 0) is 29.8 Å². The van der Waals surface area contributed by atoms with Crippen LogP contribution in [0, 0.1) is 5.82 Å². The van der Waals surface area contributed by atoms with Gasteiger partial charge in [0.05, 0.1) is 6.42 Å². The molecular weight excluding hydrogens is 350 g/mol. The molecule has 128 valence electrons. The van der Waals surface area contributed by atoms with Crippen LogP contribution in [0.25, 0.3) is 0 Å². The number of nitrogens with one attached hydrogen (secondary N) is 1. The summed E-state index contributed by atoms with van der Waals surface area (Å²) in [6.07, 6.45) is -4.99. The maximum Gasteiger partial charge on any atom is 0.573 e. The molecule has 0 saturated carbocycles. The zero-order chi connectivity index (χ0) is 17.7. The van der Waals surface area contributed by atoms with Crippen LogP contribution < -0.4 is 10.1 Å². The van der Waals surface area contributed by atoms with Gasteiger partial charge in [-0.25, -0.2) is 4.39 Å². The van der Waals surface area contributed by atoms with E-state index in [0.29, 0.717) is 5.56 Å². The van der Waals surface area contributed by atoms with Gasteiger partial charge >= 0.3 is 6.36 Å². The molecular formula is C16H12ClF4NO2. The highest BCUT2D eigenvalue weighted by Crippen LogP contribution is 2.23. The molecule has 0 fully saturated rings. The van der Waals surface area contributed by atoms with Gasteiger partial charge in [-0.1, -0.05) is 29.8 Å². The van der Waals surface area contributed by atoms with Crippen LogP contribution in [-0.4, -0.2) is 12.3 Å². The molecule has 24 heavy (non-hydrogen) atoms. The molecule has 0 aliphatic carbocycles. The van der Waals surface area contributed by atoms with Crippen LogP contribution in [0.15, 0.2) is 42.5 Å². The first-order valence-corrected chi connectivity index (χ1v) is 7.16. The molecule has 2 aromatic rings. The summed E-state index contributed by atoms with van der Waals surface area (Å²) < 4.78 is 53.5. The van der Waals surface area contributed by atoms with E-state index in [1.165, 1.54) is 30.3 Å². The van der Waals surface area contributed by atoms with Crippen LogP contribution in [0.3, 0.4) is 0 Å². The highest BCUT2D eigenvalue weighted by atomic mass is 35.5. The Bertz CT molecular complexity index is 697. The third-order valence-corrected chi connectivity index (χ3v) is 3.40. The normalized spacial score (nSPS) is 11.2. The number of carbonyl (C=O) groups excluding carboxylic acids is 1. The lowest BCUT2D eigenvalue weighted by molar-refractivity contribution is -0.274. The van der Waals surface area contributed by atoms with E-state index in [4.69, 9.17) is 11.6 Å². The van der Waals surface area contributed by atoms with Crippen molar-refractivity contribution in [1.29, 1.82) is 0 Å². The number of hydrogen-bond acceptors (Lipinski definition) is 2. The van der Waals surface area contributed by atoms with E-state index >= 15 is 0 Å². The van der Waals surface area contributed by atoms with Gasteiger partial charge in [0.1, 0.15) is 11.6 Å². The van der Waals surface area contributed by atoms with Gasteiger partial charge in [-0.2, -0.15) is 0 Å². The summed E-state index contributed by atoms with van der Waals surface area (Å²) in [4.78, 5) is 11.8. The monoisotopic (exact) mass is 361 g/mol. The zero-order valence-corrected chi connectivity index (χ0v) is 12.9. The van der Waals surface area contributed by atoms with E-state index in [2.05, 4.69) is 10.1 Å². The first-order chi connectivity index (χ1) is 11.2. The predicted octanol–water partition coefficient (Wildman–Crippen LogP) is 4.24. The fourth-order valence-corrected chi connectivity index (χ4v) is 2.16. The molecule has 0 saturated heterocycles. The second-order valence-electron chi connectivity index (χ2n) is 4.85. The highest BCUT2D eigenvalue weighted by molar-refractivity contribution is 6.31. The van der Waals surface area contributed by atoms with Crippen LogP contribution in [0.5, 0.6) is 5.75 Å². The van der Waals surface area contributed by atoms with Gasteiger partial charge in [0.15, 0.2) is 0 Å². The summed E-state index contributed by atoms with van der Waals surface area (Å²) >= 11 is 5.84. The topological polar surface area (TPSA) is 38.3 Å². The summed E-state index contributed by atoms with van der Waals surface area (Å²) in [5.74, 6) is -1.39. The minimum Gasteiger partial charge on any atom is -0.406 e. The molecule has 0 heterocycles. The Morgan fingerprint density at radius 2 is 1.79 bits per heavy atom. The van der Waals surface area contributed by atoms with E-state index in [-0.39, 0.29) is 29.3 Å². The molecule has 8 heteroatoms. The van der Waals surface area contributed by atoms with Crippen molar-refractivity contribution in [2.75, 3.05) is 0 Å². The average Bonchev–Trinajstić information content (AvgIpc) is 2.49. The Kier molecular flexibility index (Phi) is 5.66. The zero-order valence-electron chi connectivity index (χ0n) is 12.2. The third-order valence-electron chi connectivity index (χ3n) is 3.05. The number of halogens is 5. The number of carbonyl (C=O) groups is 1.